The number of nitrogens with zero attached hydrogens (tertiary/aromatic N) is 1. The Bertz CT molecular complexity index is 565. The zero-order chi connectivity index (χ0) is 16.7. The van der Waals surface area contributed by atoms with E-state index in [9.17, 15) is 9.90 Å². The quantitative estimate of drug-likeness (QED) is 0.888. The van der Waals surface area contributed by atoms with Crippen molar-refractivity contribution in [2.75, 3.05) is 0 Å². The molecule has 1 aliphatic rings. The van der Waals surface area contributed by atoms with Crippen molar-refractivity contribution in [2.24, 2.45) is 0 Å². The van der Waals surface area contributed by atoms with Gasteiger partial charge in [0.15, 0.2) is 0 Å². The van der Waals surface area contributed by atoms with Gasteiger partial charge in [-0.1, -0.05) is 23.7 Å². The van der Waals surface area contributed by atoms with E-state index in [0.717, 1.165) is 0 Å². The Labute approximate surface area is 137 Å². The summed E-state index contributed by atoms with van der Waals surface area (Å²) in [5.74, 6) is 0. The van der Waals surface area contributed by atoms with Crippen molar-refractivity contribution < 1.29 is 14.6 Å². The average molecular weight is 326 g/mol. The number of aliphatic hydroxyl groups excluding tert-OH is 1. The third-order valence-electron chi connectivity index (χ3n) is 3.84. The highest BCUT2D eigenvalue weighted by molar-refractivity contribution is 6.30. The lowest BCUT2D eigenvalue weighted by Crippen LogP contribution is -2.67. The zero-order valence-electron chi connectivity index (χ0n) is 13.8. The fourth-order valence-corrected chi connectivity index (χ4v) is 3.10. The molecule has 0 radical (unpaired) electrons. The summed E-state index contributed by atoms with van der Waals surface area (Å²) in [5, 5.41) is 11.2. The van der Waals surface area contributed by atoms with Crippen molar-refractivity contribution in [3.8, 4) is 0 Å². The van der Waals surface area contributed by atoms with Gasteiger partial charge >= 0.3 is 6.09 Å². The van der Waals surface area contributed by atoms with Crippen molar-refractivity contribution in [1.82, 2.24) is 4.90 Å². The van der Waals surface area contributed by atoms with Crippen molar-refractivity contribution in [3.05, 3.63) is 34.9 Å². The molecule has 1 fully saturated rings. The second-order valence-corrected chi connectivity index (χ2v) is 7.87. The molecule has 1 saturated heterocycles. The summed E-state index contributed by atoms with van der Waals surface area (Å²) in [6.07, 6.45) is -0.464. The van der Waals surface area contributed by atoms with E-state index in [0.29, 0.717) is 17.0 Å². The molecule has 1 aromatic rings. The van der Waals surface area contributed by atoms with Crippen LogP contribution in [0.5, 0.6) is 0 Å². The summed E-state index contributed by atoms with van der Waals surface area (Å²) in [7, 11) is 0. The second-order valence-electron chi connectivity index (χ2n) is 7.43. The first kappa shape index (κ1) is 17.1. The molecule has 2 rings (SSSR count). The van der Waals surface area contributed by atoms with Crippen LogP contribution in [0.25, 0.3) is 0 Å². The molecular formula is C17H24ClNO3. The van der Waals surface area contributed by atoms with Crippen molar-refractivity contribution in [1.29, 1.82) is 0 Å². The van der Waals surface area contributed by atoms with E-state index < -0.39 is 17.8 Å². The lowest BCUT2D eigenvalue weighted by atomic mass is 9.77. The number of carbonyl (C=O) groups excluding carboxylic acids is 1. The summed E-state index contributed by atoms with van der Waals surface area (Å²) in [6.45, 7) is 9.44. The molecule has 1 N–H and O–H groups in total. The fraction of sp³-hybridized carbons (Fsp3) is 0.588. The smallest absolute Gasteiger partial charge is 0.411 e. The van der Waals surface area contributed by atoms with Crippen LogP contribution in [0.4, 0.5) is 4.79 Å². The second kappa shape index (κ2) is 5.74. The molecule has 1 heterocycles. The van der Waals surface area contributed by atoms with Crippen LogP contribution in [0, 0.1) is 0 Å². The van der Waals surface area contributed by atoms with Crippen molar-refractivity contribution >= 4 is 17.7 Å². The van der Waals surface area contributed by atoms with Gasteiger partial charge in [0.05, 0.1) is 12.1 Å². The average Bonchev–Trinajstić information content (AvgIpc) is 2.33. The van der Waals surface area contributed by atoms with E-state index in [1.54, 1.807) is 23.1 Å². The molecule has 122 valence electrons. The van der Waals surface area contributed by atoms with E-state index in [4.69, 9.17) is 16.3 Å². The minimum Gasteiger partial charge on any atom is -0.444 e. The number of carbonyl (C=O) groups is 1. The minimum atomic E-state index is -0.778. The Hall–Kier alpha value is -1.26. The van der Waals surface area contributed by atoms with Gasteiger partial charge in [0.2, 0.25) is 0 Å². The standard InChI is InChI=1S/C17H24ClNO3/c1-16(2,3)22-15(21)19-13(10-17(19,4)5)14(20)11-7-6-8-12(18)9-11/h6-9,13-14,20H,10H2,1-5H3/t13-,14+/m0/s1. The molecule has 1 aliphatic heterocycles. The number of halogens is 1. The number of amides is 1. The number of benzene rings is 1. The zero-order valence-corrected chi connectivity index (χ0v) is 14.5. The predicted molar refractivity (Wildman–Crippen MR) is 87.0 cm³/mol. The number of ether oxygens (including phenoxy) is 1. The molecular weight excluding hydrogens is 302 g/mol. The van der Waals surface area contributed by atoms with Gasteiger partial charge in [0, 0.05) is 10.6 Å². The molecule has 4 nitrogen and oxygen atoms in total. The Morgan fingerprint density at radius 2 is 2.09 bits per heavy atom. The van der Waals surface area contributed by atoms with E-state index in [2.05, 4.69) is 0 Å². The van der Waals surface area contributed by atoms with E-state index in [-0.39, 0.29) is 11.6 Å². The van der Waals surface area contributed by atoms with Gasteiger partial charge in [-0.25, -0.2) is 4.79 Å². The highest BCUT2D eigenvalue weighted by atomic mass is 35.5. The molecule has 0 aliphatic carbocycles. The molecule has 22 heavy (non-hydrogen) atoms. The van der Waals surface area contributed by atoms with Gasteiger partial charge in [-0.15, -0.1) is 0 Å². The lowest BCUT2D eigenvalue weighted by Gasteiger charge is -2.56. The molecule has 1 aromatic carbocycles. The van der Waals surface area contributed by atoms with Crippen LogP contribution in [-0.4, -0.2) is 33.3 Å². The molecule has 2 atom stereocenters. The van der Waals surface area contributed by atoms with E-state index in [1.807, 2.05) is 40.7 Å². The van der Waals surface area contributed by atoms with Crippen LogP contribution in [-0.2, 0) is 4.74 Å². The van der Waals surface area contributed by atoms with Gasteiger partial charge in [0.1, 0.15) is 5.60 Å². The number of hydrogen-bond donors (Lipinski definition) is 1. The summed E-state index contributed by atoms with van der Waals surface area (Å²) >= 11 is 5.98. The molecule has 0 spiro atoms. The number of aliphatic hydroxyl groups is 1. The van der Waals surface area contributed by atoms with Crippen LogP contribution in [0.15, 0.2) is 24.3 Å². The summed E-state index contributed by atoms with van der Waals surface area (Å²) < 4.78 is 5.47. The number of hydrogen-bond acceptors (Lipinski definition) is 3. The van der Waals surface area contributed by atoms with Crippen LogP contribution in [0.1, 0.15) is 52.7 Å². The van der Waals surface area contributed by atoms with Gasteiger partial charge in [0.25, 0.3) is 0 Å². The van der Waals surface area contributed by atoms with E-state index in [1.165, 1.54) is 0 Å². The third kappa shape index (κ3) is 3.55. The van der Waals surface area contributed by atoms with Gasteiger partial charge in [-0.2, -0.15) is 0 Å². The summed E-state index contributed by atoms with van der Waals surface area (Å²) in [4.78, 5) is 14.1. The van der Waals surface area contributed by atoms with Crippen molar-refractivity contribution in [2.45, 2.75) is 64.3 Å². The highest BCUT2D eigenvalue weighted by Gasteiger charge is 2.52. The molecule has 1 amide bonds. The Balaban J connectivity index is 2.19. The molecule has 0 unspecified atom stereocenters. The van der Waals surface area contributed by atoms with Crippen LogP contribution < -0.4 is 0 Å². The third-order valence-corrected chi connectivity index (χ3v) is 4.07. The fourth-order valence-electron chi connectivity index (χ4n) is 2.90. The van der Waals surface area contributed by atoms with E-state index >= 15 is 0 Å². The van der Waals surface area contributed by atoms with Gasteiger partial charge in [-0.05, 0) is 58.7 Å². The molecule has 5 heteroatoms. The number of likely N-dealkylation sites (tertiary alicyclic amines) is 1. The monoisotopic (exact) mass is 325 g/mol. The van der Waals surface area contributed by atoms with Crippen LogP contribution in [0.3, 0.4) is 0 Å². The molecule has 0 bridgehead atoms. The first-order valence-electron chi connectivity index (χ1n) is 7.47. The van der Waals surface area contributed by atoms with Crippen LogP contribution in [0.2, 0.25) is 5.02 Å². The maximum absolute atomic E-state index is 12.4. The number of rotatable bonds is 2. The molecule has 0 aromatic heterocycles. The Morgan fingerprint density at radius 3 is 2.59 bits per heavy atom. The predicted octanol–water partition coefficient (Wildman–Crippen LogP) is 4.16. The van der Waals surface area contributed by atoms with Crippen molar-refractivity contribution in [3.63, 3.8) is 0 Å². The van der Waals surface area contributed by atoms with Crippen LogP contribution >= 0.6 is 11.6 Å². The highest BCUT2D eigenvalue weighted by Crippen LogP contribution is 2.43. The normalized spacial score (nSPS) is 22.0. The van der Waals surface area contributed by atoms with Gasteiger partial charge < -0.3 is 9.84 Å². The topological polar surface area (TPSA) is 49.8 Å². The van der Waals surface area contributed by atoms with Gasteiger partial charge in [-0.3, -0.25) is 4.90 Å². The Morgan fingerprint density at radius 1 is 1.45 bits per heavy atom. The summed E-state index contributed by atoms with van der Waals surface area (Å²) in [5.41, 5.74) is -0.178. The maximum Gasteiger partial charge on any atom is 0.411 e. The Kier molecular flexibility index (Phi) is 4.46. The SMILES string of the molecule is CC(C)(C)OC(=O)N1[C@H]([C@H](O)c2cccc(Cl)c2)CC1(C)C. The first-order chi connectivity index (χ1) is 10.0. The largest absolute Gasteiger partial charge is 0.444 e. The maximum atomic E-state index is 12.4. The molecule has 0 saturated carbocycles. The lowest BCUT2D eigenvalue weighted by molar-refractivity contribution is -0.105. The minimum absolute atomic E-state index is 0.302. The summed E-state index contributed by atoms with van der Waals surface area (Å²) in [6, 6.07) is 6.79. The first-order valence-corrected chi connectivity index (χ1v) is 7.85.